The summed E-state index contributed by atoms with van der Waals surface area (Å²) in [6.07, 6.45) is -0.571. The topological polar surface area (TPSA) is 165 Å². The van der Waals surface area contributed by atoms with Crippen LogP contribution in [0.2, 0.25) is 0 Å². The first-order valence-electron chi connectivity index (χ1n) is 20.8. The smallest absolute Gasteiger partial charge is 0.408 e. The number of H-pyrrole nitrogens is 1. The van der Waals surface area contributed by atoms with E-state index in [9.17, 15) is 24.6 Å². The van der Waals surface area contributed by atoms with Crippen LogP contribution in [0, 0.1) is 0 Å². The van der Waals surface area contributed by atoms with Crippen LogP contribution in [0.1, 0.15) is 83.1 Å². The van der Waals surface area contributed by atoms with E-state index in [1.165, 1.54) is 12.1 Å². The first kappa shape index (κ1) is 44.1. The van der Waals surface area contributed by atoms with Crippen LogP contribution < -0.4 is 26.2 Å². The fourth-order valence-corrected chi connectivity index (χ4v) is 7.21. The molecule has 0 unspecified atom stereocenters. The molecule has 6 N–H and O–H groups in total. The van der Waals surface area contributed by atoms with Crippen molar-refractivity contribution in [3.05, 3.63) is 177 Å². The van der Waals surface area contributed by atoms with Crippen molar-refractivity contribution in [3.8, 4) is 11.5 Å². The Bertz CT molecular complexity index is 2400. The number of nitrogens with one attached hydrogen (secondary N) is 4. The first-order chi connectivity index (χ1) is 29.6. The molecule has 0 aliphatic carbocycles. The zero-order chi connectivity index (χ0) is 43.1. The number of aromatic amines is 1. The van der Waals surface area contributed by atoms with Gasteiger partial charge in [-0.3, -0.25) is 14.5 Å². The number of amides is 2. The lowest BCUT2D eigenvalue weighted by Crippen LogP contribution is -2.37. The largest absolute Gasteiger partial charge is 0.506 e. The van der Waals surface area contributed by atoms with Crippen molar-refractivity contribution in [2.45, 2.75) is 65.1 Å². The van der Waals surface area contributed by atoms with Gasteiger partial charge in [-0.05, 0) is 96.2 Å². The van der Waals surface area contributed by atoms with Gasteiger partial charge >= 0.3 is 6.09 Å². The Labute approximate surface area is 356 Å². The second kappa shape index (κ2) is 21.7. The van der Waals surface area contributed by atoms with Crippen LogP contribution in [-0.4, -0.2) is 64.4 Å². The summed E-state index contributed by atoms with van der Waals surface area (Å²) in [7, 11) is 0. The minimum absolute atomic E-state index is 0.0529. The van der Waals surface area contributed by atoms with Crippen LogP contribution in [0.4, 0.5) is 4.79 Å². The van der Waals surface area contributed by atoms with Gasteiger partial charge in [0.25, 0.3) is 5.91 Å². The number of fused-ring (bicyclic) bond motifs is 1. The third-order valence-electron chi connectivity index (χ3n) is 10.4. The van der Waals surface area contributed by atoms with E-state index in [4.69, 9.17) is 9.47 Å². The molecular formula is C49H55N5O7. The summed E-state index contributed by atoms with van der Waals surface area (Å²) in [5.74, 6) is 0.397. The minimum Gasteiger partial charge on any atom is -0.506 e. The molecule has 6 rings (SSSR count). The number of hydrogen-bond acceptors (Lipinski definition) is 9. The van der Waals surface area contributed by atoms with Crippen LogP contribution in [-0.2, 0) is 24.4 Å². The highest BCUT2D eigenvalue weighted by Crippen LogP contribution is 2.29. The van der Waals surface area contributed by atoms with Crippen molar-refractivity contribution < 1.29 is 29.3 Å². The Balaban J connectivity index is 0.965. The Hall–Kier alpha value is -6.47. The lowest BCUT2D eigenvalue weighted by Gasteiger charge is -2.25. The average Bonchev–Trinajstić information content (AvgIpc) is 3.27. The molecule has 0 fully saturated rings. The van der Waals surface area contributed by atoms with Crippen molar-refractivity contribution in [1.29, 1.82) is 0 Å². The third kappa shape index (κ3) is 12.5. The van der Waals surface area contributed by atoms with Gasteiger partial charge in [-0.15, -0.1) is 0 Å². The zero-order valence-electron chi connectivity index (χ0n) is 34.9. The fourth-order valence-electron chi connectivity index (χ4n) is 7.21. The summed E-state index contributed by atoms with van der Waals surface area (Å²) in [6.45, 7) is 10.1. The summed E-state index contributed by atoms with van der Waals surface area (Å²) in [6, 6.07) is 38.2. The van der Waals surface area contributed by atoms with Gasteiger partial charge in [-0.25, -0.2) is 4.79 Å². The SMILES string of the molecule is CCCN(CC)C[C@@H](C)OC(=O)N[C@@H](c1ccccc1)c1cccc(OCc2ccc(C(=O)NCc3ccc(CNC[C@H](O)c4ccc(O)c5[nH]c(=O)ccc45)cc3)cc2)c1. The molecule has 2 amide bonds. The maximum absolute atomic E-state index is 13.1. The molecule has 5 aromatic carbocycles. The van der Waals surface area contributed by atoms with Gasteiger partial charge in [-0.1, -0.05) is 98.8 Å². The summed E-state index contributed by atoms with van der Waals surface area (Å²) in [5.41, 5.74) is 5.70. The number of pyridine rings is 1. The number of phenolic OH excluding ortho intramolecular Hbond substituents is 1. The normalized spacial score (nSPS) is 12.7. The molecule has 0 radical (unpaired) electrons. The van der Waals surface area contributed by atoms with Crippen LogP contribution >= 0.6 is 0 Å². The number of rotatable bonds is 20. The molecule has 0 saturated heterocycles. The fraction of sp³-hybridized carbons (Fsp3) is 0.286. The molecule has 6 aromatic rings. The highest BCUT2D eigenvalue weighted by Gasteiger charge is 2.21. The number of benzene rings is 5. The van der Waals surface area contributed by atoms with Crippen molar-refractivity contribution in [2.24, 2.45) is 0 Å². The van der Waals surface area contributed by atoms with Gasteiger partial charge in [0.2, 0.25) is 5.56 Å². The summed E-state index contributed by atoms with van der Waals surface area (Å²) >= 11 is 0. The van der Waals surface area contributed by atoms with Crippen molar-refractivity contribution >= 4 is 22.9 Å². The van der Waals surface area contributed by atoms with Crippen molar-refractivity contribution in [2.75, 3.05) is 26.2 Å². The number of aliphatic hydroxyl groups is 1. The minimum atomic E-state index is -0.856. The molecule has 1 heterocycles. The molecule has 3 atom stereocenters. The number of nitrogens with zero attached hydrogens (tertiary/aromatic N) is 1. The van der Waals surface area contributed by atoms with Gasteiger partial charge in [0, 0.05) is 43.2 Å². The number of likely N-dealkylation sites (N-methyl/N-ethyl adjacent to an activating group) is 1. The van der Waals surface area contributed by atoms with E-state index in [-0.39, 0.29) is 36.5 Å². The Morgan fingerprint density at radius 1 is 0.803 bits per heavy atom. The second-order valence-electron chi connectivity index (χ2n) is 15.1. The Kier molecular flexibility index (Phi) is 15.7. The average molecular weight is 826 g/mol. The van der Waals surface area contributed by atoms with E-state index in [0.717, 1.165) is 47.3 Å². The number of aromatic nitrogens is 1. The predicted molar refractivity (Wildman–Crippen MR) is 237 cm³/mol. The molecule has 0 aliphatic rings. The molecule has 12 nitrogen and oxygen atoms in total. The van der Waals surface area contributed by atoms with Crippen LogP contribution in [0.3, 0.4) is 0 Å². The molecule has 318 valence electrons. The summed E-state index contributed by atoms with van der Waals surface area (Å²) in [4.78, 5) is 42.7. The van der Waals surface area contributed by atoms with E-state index >= 15 is 0 Å². The van der Waals surface area contributed by atoms with E-state index in [2.05, 4.69) is 39.7 Å². The highest BCUT2D eigenvalue weighted by molar-refractivity contribution is 5.94. The Morgan fingerprint density at radius 2 is 1.51 bits per heavy atom. The number of hydrogen-bond donors (Lipinski definition) is 6. The van der Waals surface area contributed by atoms with E-state index in [1.54, 1.807) is 24.3 Å². The van der Waals surface area contributed by atoms with Crippen molar-refractivity contribution in [1.82, 2.24) is 25.8 Å². The maximum atomic E-state index is 13.1. The number of carbonyl (C=O) groups excluding carboxylic acids is 2. The molecule has 0 bridgehead atoms. The van der Waals surface area contributed by atoms with E-state index in [1.807, 2.05) is 97.9 Å². The summed E-state index contributed by atoms with van der Waals surface area (Å²) < 4.78 is 12.0. The van der Waals surface area contributed by atoms with Gasteiger partial charge in [0.1, 0.15) is 24.2 Å². The third-order valence-corrected chi connectivity index (χ3v) is 10.4. The molecule has 1 aromatic heterocycles. The van der Waals surface area contributed by atoms with Crippen LogP contribution in [0.15, 0.2) is 132 Å². The summed E-state index contributed by atoms with van der Waals surface area (Å²) in [5, 5.41) is 30.9. The van der Waals surface area contributed by atoms with Gasteiger partial charge in [0.05, 0.1) is 17.7 Å². The van der Waals surface area contributed by atoms with Gasteiger partial charge < -0.3 is 40.6 Å². The zero-order valence-corrected chi connectivity index (χ0v) is 34.9. The highest BCUT2D eigenvalue weighted by atomic mass is 16.6. The standard InChI is InChI=1S/C49H55N5O7/c1-4-26-54(5-2)31-33(3)61-49(59)53-46(37-10-7-6-8-11-37)39-12-9-13-40(27-39)60-32-36-18-20-38(21-19-36)48(58)51-29-35-16-14-34(15-17-35)28-50-30-44(56)41-22-24-43(55)47-42(41)23-25-45(57)52-47/h6-25,27,33,44,46,50,55-56H,4-5,26,28-32H2,1-3H3,(H,51,58)(H,52,57)(H,53,59)/t33-,44+,46+/m1/s1. The molecular weight excluding hydrogens is 771 g/mol. The second-order valence-corrected chi connectivity index (χ2v) is 15.1. The molecule has 0 aliphatic heterocycles. The van der Waals surface area contributed by atoms with Crippen molar-refractivity contribution in [3.63, 3.8) is 0 Å². The number of aliphatic hydroxyl groups excluding tert-OH is 1. The van der Waals surface area contributed by atoms with E-state index in [0.29, 0.717) is 47.4 Å². The molecule has 12 heteroatoms. The van der Waals surface area contributed by atoms with Gasteiger partial charge in [-0.2, -0.15) is 0 Å². The first-order valence-corrected chi connectivity index (χ1v) is 20.8. The lowest BCUT2D eigenvalue weighted by atomic mass is 9.98. The number of phenols is 1. The Morgan fingerprint density at radius 3 is 2.23 bits per heavy atom. The molecule has 0 spiro atoms. The van der Waals surface area contributed by atoms with Crippen LogP contribution in [0.25, 0.3) is 10.9 Å². The molecule has 61 heavy (non-hydrogen) atoms. The lowest BCUT2D eigenvalue weighted by molar-refractivity contribution is 0.0793. The van der Waals surface area contributed by atoms with Gasteiger partial charge in [0.15, 0.2) is 0 Å². The van der Waals surface area contributed by atoms with E-state index < -0.39 is 18.2 Å². The monoisotopic (exact) mass is 825 g/mol. The van der Waals surface area contributed by atoms with Crippen LogP contribution in [0.5, 0.6) is 11.5 Å². The number of aromatic hydroxyl groups is 1. The quantitative estimate of drug-likeness (QED) is 0.0457. The predicted octanol–water partition coefficient (Wildman–Crippen LogP) is 7.50. The molecule has 0 saturated carbocycles. The maximum Gasteiger partial charge on any atom is 0.408 e. The number of alkyl carbamates (subject to hydrolysis) is 1. The number of ether oxygens (including phenoxy) is 2. The number of carbonyl (C=O) groups is 2.